The monoisotopic (exact) mass is 330 g/mol. The normalized spacial score (nSPS) is 20.2. The zero-order chi connectivity index (χ0) is 16.0. The molecule has 0 atom stereocenters. The third kappa shape index (κ3) is 2.54. The van der Waals surface area contributed by atoms with Gasteiger partial charge in [-0.1, -0.05) is 0 Å². The highest BCUT2D eigenvalue weighted by Gasteiger charge is 2.61. The fourth-order valence-electron chi connectivity index (χ4n) is 3.01. The lowest BCUT2D eigenvalue weighted by Gasteiger charge is -2.42. The SMILES string of the molecule is CN(Cc1nc2c(s1)CCCC2)C(=O)C(F)(F)C1(O)CCC1. The van der Waals surface area contributed by atoms with E-state index in [0.717, 1.165) is 36.3 Å². The first-order valence-corrected chi connectivity index (χ1v) is 8.48. The standard InChI is InChI=1S/C15H20F2N2O2S/c1-19(13(20)15(16,17)14(21)7-4-8-14)9-12-18-10-5-2-3-6-11(10)22-12/h21H,2-9H2,1H3. The van der Waals surface area contributed by atoms with Crippen molar-refractivity contribution in [1.29, 1.82) is 0 Å². The summed E-state index contributed by atoms with van der Waals surface area (Å²) in [6, 6.07) is 0. The Kier molecular flexibility index (Phi) is 3.97. The molecule has 0 bridgehead atoms. The fourth-order valence-corrected chi connectivity index (χ4v) is 4.22. The first-order valence-electron chi connectivity index (χ1n) is 7.67. The van der Waals surface area contributed by atoms with Crippen LogP contribution in [0.15, 0.2) is 0 Å². The quantitative estimate of drug-likeness (QED) is 0.923. The molecule has 22 heavy (non-hydrogen) atoms. The van der Waals surface area contributed by atoms with Crippen LogP contribution in [0.2, 0.25) is 0 Å². The summed E-state index contributed by atoms with van der Waals surface area (Å²) in [4.78, 5) is 18.7. The number of nitrogens with zero attached hydrogens (tertiary/aromatic N) is 2. The minimum atomic E-state index is -3.73. The summed E-state index contributed by atoms with van der Waals surface area (Å²) in [5.41, 5.74) is -1.11. The van der Waals surface area contributed by atoms with Crippen LogP contribution in [0.1, 0.15) is 47.7 Å². The second kappa shape index (κ2) is 5.53. The Morgan fingerprint density at radius 1 is 1.36 bits per heavy atom. The van der Waals surface area contributed by atoms with Gasteiger partial charge in [-0.15, -0.1) is 11.3 Å². The van der Waals surface area contributed by atoms with Crippen LogP contribution >= 0.6 is 11.3 Å². The molecule has 1 fully saturated rings. The highest BCUT2D eigenvalue weighted by molar-refractivity contribution is 7.11. The van der Waals surface area contributed by atoms with E-state index in [4.69, 9.17) is 0 Å². The summed E-state index contributed by atoms with van der Waals surface area (Å²) >= 11 is 1.51. The van der Waals surface area contributed by atoms with E-state index < -0.39 is 17.4 Å². The van der Waals surface area contributed by atoms with Gasteiger partial charge in [0, 0.05) is 11.9 Å². The number of halogens is 2. The van der Waals surface area contributed by atoms with E-state index in [1.807, 2.05) is 0 Å². The van der Waals surface area contributed by atoms with Gasteiger partial charge in [0.2, 0.25) is 0 Å². The van der Waals surface area contributed by atoms with Crippen LogP contribution in [-0.4, -0.2) is 39.5 Å². The predicted octanol–water partition coefficient (Wildman–Crippen LogP) is 2.53. The number of thiazole rings is 1. The minimum absolute atomic E-state index is 0.0227. The number of carbonyl (C=O) groups is 1. The van der Waals surface area contributed by atoms with E-state index in [1.54, 1.807) is 0 Å². The lowest BCUT2D eigenvalue weighted by atomic mass is 9.75. The van der Waals surface area contributed by atoms with Crippen molar-refractivity contribution in [3.05, 3.63) is 15.6 Å². The molecule has 1 aromatic rings. The van der Waals surface area contributed by atoms with Crippen molar-refractivity contribution >= 4 is 17.2 Å². The van der Waals surface area contributed by atoms with Crippen molar-refractivity contribution in [3.8, 4) is 0 Å². The van der Waals surface area contributed by atoms with E-state index in [2.05, 4.69) is 4.98 Å². The molecule has 1 saturated carbocycles. The zero-order valence-corrected chi connectivity index (χ0v) is 13.4. The van der Waals surface area contributed by atoms with E-state index in [9.17, 15) is 18.7 Å². The third-order valence-electron chi connectivity index (χ3n) is 4.64. The fraction of sp³-hybridized carbons (Fsp3) is 0.733. The topological polar surface area (TPSA) is 53.4 Å². The number of carbonyl (C=O) groups excluding carboxylic acids is 1. The number of hydrogen-bond acceptors (Lipinski definition) is 4. The van der Waals surface area contributed by atoms with Gasteiger partial charge in [0.05, 0.1) is 12.2 Å². The van der Waals surface area contributed by atoms with Crippen LogP contribution in [0, 0.1) is 0 Å². The van der Waals surface area contributed by atoms with E-state index >= 15 is 0 Å². The van der Waals surface area contributed by atoms with Crippen molar-refractivity contribution in [2.45, 2.75) is 63.0 Å². The summed E-state index contributed by atoms with van der Waals surface area (Å²) in [6.45, 7) is 0.0716. The average molecular weight is 330 g/mol. The number of aromatic nitrogens is 1. The van der Waals surface area contributed by atoms with Crippen molar-refractivity contribution in [2.24, 2.45) is 0 Å². The molecule has 0 aromatic carbocycles. The van der Waals surface area contributed by atoms with Crippen molar-refractivity contribution in [1.82, 2.24) is 9.88 Å². The summed E-state index contributed by atoms with van der Waals surface area (Å²) in [5.74, 6) is -5.04. The summed E-state index contributed by atoms with van der Waals surface area (Å²) in [7, 11) is 1.35. The molecular weight excluding hydrogens is 310 g/mol. The lowest BCUT2D eigenvalue weighted by Crippen LogP contribution is -2.60. The molecular formula is C15H20F2N2O2S. The predicted molar refractivity (Wildman–Crippen MR) is 79.0 cm³/mol. The van der Waals surface area contributed by atoms with E-state index in [0.29, 0.717) is 11.4 Å². The number of aliphatic hydroxyl groups is 1. The Bertz CT molecular complexity index is 561. The molecule has 0 spiro atoms. The molecule has 7 heteroatoms. The number of hydrogen-bond donors (Lipinski definition) is 1. The molecule has 0 saturated heterocycles. The minimum Gasteiger partial charge on any atom is -0.383 e. The highest BCUT2D eigenvalue weighted by Crippen LogP contribution is 2.45. The molecule has 1 N–H and O–H groups in total. The summed E-state index contributed by atoms with van der Waals surface area (Å²) < 4.78 is 28.3. The van der Waals surface area contributed by atoms with Crippen molar-refractivity contribution < 1.29 is 18.7 Å². The molecule has 2 aliphatic rings. The Labute approximate surface area is 132 Å². The number of alkyl halides is 2. The van der Waals surface area contributed by atoms with Gasteiger partial charge >= 0.3 is 5.92 Å². The van der Waals surface area contributed by atoms with Crippen LogP contribution < -0.4 is 0 Å². The average Bonchev–Trinajstić information content (AvgIpc) is 2.85. The van der Waals surface area contributed by atoms with Crippen molar-refractivity contribution in [3.63, 3.8) is 0 Å². The first kappa shape index (κ1) is 15.8. The molecule has 0 unspecified atom stereocenters. The summed E-state index contributed by atoms with van der Waals surface area (Å²) in [6.07, 6.45) is 4.64. The maximum absolute atomic E-state index is 14.2. The Morgan fingerprint density at radius 3 is 2.64 bits per heavy atom. The molecule has 1 heterocycles. The Balaban J connectivity index is 1.69. The van der Waals surface area contributed by atoms with Gasteiger partial charge in [-0.25, -0.2) is 4.98 Å². The molecule has 1 aromatic heterocycles. The maximum Gasteiger partial charge on any atom is 0.352 e. The van der Waals surface area contributed by atoms with Crippen LogP contribution in [0.4, 0.5) is 8.78 Å². The van der Waals surface area contributed by atoms with E-state index in [1.165, 1.54) is 23.3 Å². The first-order chi connectivity index (χ1) is 10.3. The Morgan fingerprint density at radius 2 is 2.05 bits per heavy atom. The van der Waals surface area contributed by atoms with E-state index in [-0.39, 0.29) is 19.4 Å². The van der Waals surface area contributed by atoms with Gasteiger partial charge < -0.3 is 10.0 Å². The van der Waals surface area contributed by atoms with Gasteiger partial charge in [0.1, 0.15) is 10.6 Å². The molecule has 122 valence electrons. The number of amides is 1. The zero-order valence-electron chi connectivity index (χ0n) is 12.6. The number of aryl methyl sites for hydroxylation is 2. The lowest BCUT2D eigenvalue weighted by molar-refractivity contribution is -0.223. The Hall–Kier alpha value is -1.08. The second-order valence-electron chi connectivity index (χ2n) is 6.31. The molecule has 2 aliphatic carbocycles. The summed E-state index contributed by atoms with van der Waals surface area (Å²) in [5, 5.41) is 10.5. The number of fused-ring (bicyclic) bond motifs is 1. The van der Waals surface area contributed by atoms with Crippen LogP contribution in [0.3, 0.4) is 0 Å². The second-order valence-corrected chi connectivity index (χ2v) is 7.47. The van der Waals surface area contributed by atoms with Gasteiger partial charge in [0.25, 0.3) is 5.91 Å². The number of rotatable bonds is 4. The van der Waals surface area contributed by atoms with Gasteiger partial charge in [-0.05, 0) is 44.9 Å². The molecule has 0 aliphatic heterocycles. The third-order valence-corrected chi connectivity index (χ3v) is 5.79. The highest BCUT2D eigenvalue weighted by atomic mass is 32.1. The van der Waals surface area contributed by atoms with Crippen molar-refractivity contribution in [2.75, 3.05) is 7.05 Å². The van der Waals surface area contributed by atoms with Crippen LogP contribution in [0.5, 0.6) is 0 Å². The van der Waals surface area contributed by atoms with Gasteiger partial charge in [0.15, 0.2) is 0 Å². The molecule has 0 radical (unpaired) electrons. The van der Waals surface area contributed by atoms with Gasteiger partial charge in [-0.2, -0.15) is 8.78 Å². The van der Waals surface area contributed by atoms with Gasteiger partial charge in [-0.3, -0.25) is 4.79 Å². The molecule has 1 amide bonds. The maximum atomic E-state index is 14.2. The van der Waals surface area contributed by atoms with Crippen LogP contribution in [0.25, 0.3) is 0 Å². The smallest absolute Gasteiger partial charge is 0.352 e. The van der Waals surface area contributed by atoms with Crippen LogP contribution in [-0.2, 0) is 24.2 Å². The molecule has 4 nitrogen and oxygen atoms in total. The molecule has 3 rings (SSSR count). The largest absolute Gasteiger partial charge is 0.383 e.